The molecule has 4 rings (SSSR count). The SMILES string of the molecule is CN(Cc1cc(-c2ccccc2)n[nH]1)c1ncc2cn[nH]c2n1. The van der Waals surface area contributed by atoms with Gasteiger partial charge in [0.2, 0.25) is 5.95 Å². The van der Waals surface area contributed by atoms with Crippen LogP contribution in [0.5, 0.6) is 0 Å². The van der Waals surface area contributed by atoms with Gasteiger partial charge in [-0.1, -0.05) is 30.3 Å². The molecular formula is C16H15N7. The number of rotatable bonds is 4. The van der Waals surface area contributed by atoms with E-state index in [0.717, 1.165) is 28.0 Å². The van der Waals surface area contributed by atoms with Crippen LogP contribution in [0.4, 0.5) is 5.95 Å². The quantitative estimate of drug-likeness (QED) is 0.604. The molecule has 4 aromatic rings. The number of hydrogen-bond acceptors (Lipinski definition) is 5. The monoisotopic (exact) mass is 305 g/mol. The minimum atomic E-state index is 0.637. The molecule has 0 bridgehead atoms. The molecule has 3 aromatic heterocycles. The van der Waals surface area contributed by atoms with E-state index in [4.69, 9.17) is 0 Å². The third kappa shape index (κ3) is 2.64. The Labute approximate surface area is 132 Å². The Kier molecular flexibility index (Phi) is 3.23. The van der Waals surface area contributed by atoms with Crippen LogP contribution in [0, 0.1) is 0 Å². The number of aromatic amines is 2. The van der Waals surface area contributed by atoms with Crippen molar-refractivity contribution in [2.45, 2.75) is 6.54 Å². The highest BCUT2D eigenvalue weighted by atomic mass is 15.3. The number of benzene rings is 1. The van der Waals surface area contributed by atoms with Gasteiger partial charge >= 0.3 is 0 Å². The van der Waals surface area contributed by atoms with Crippen LogP contribution in [0.2, 0.25) is 0 Å². The number of hydrogen-bond donors (Lipinski definition) is 2. The van der Waals surface area contributed by atoms with E-state index in [-0.39, 0.29) is 0 Å². The van der Waals surface area contributed by atoms with Gasteiger partial charge in [0, 0.05) is 18.8 Å². The Morgan fingerprint density at radius 3 is 2.83 bits per heavy atom. The summed E-state index contributed by atoms with van der Waals surface area (Å²) in [6, 6.07) is 12.1. The lowest BCUT2D eigenvalue weighted by Gasteiger charge is -2.15. The van der Waals surface area contributed by atoms with Gasteiger partial charge in [-0.05, 0) is 6.07 Å². The fourth-order valence-electron chi connectivity index (χ4n) is 2.44. The van der Waals surface area contributed by atoms with Crippen molar-refractivity contribution >= 4 is 17.0 Å². The summed E-state index contributed by atoms with van der Waals surface area (Å²) in [5.74, 6) is 0.637. The smallest absolute Gasteiger partial charge is 0.227 e. The number of nitrogens with one attached hydrogen (secondary N) is 2. The van der Waals surface area contributed by atoms with Crippen molar-refractivity contribution in [1.29, 1.82) is 0 Å². The second-order valence-corrected chi connectivity index (χ2v) is 5.34. The lowest BCUT2D eigenvalue weighted by atomic mass is 10.1. The van der Waals surface area contributed by atoms with Crippen LogP contribution in [-0.2, 0) is 6.54 Å². The maximum atomic E-state index is 4.46. The molecule has 0 saturated carbocycles. The number of fused-ring (bicyclic) bond motifs is 1. The van der Waals surface area contributed by atoms with Gasteiger partial charge in [-0.3, -0.25) is 10.2 Å². The van der Waals surface area contributed by atoms with Gasteiger partial charge in [-0.25, -0.2) is 4.98 Å². The molecule has 3 heterocycles. The first kappa shape index (κ1) is 13.4. The Hall–Kier alpha value is -3.22. The third-order valence-corrected chi connectivity index (χ3v) is 3.63. The zero-order chi connectivity index (χ0) is 15.6. The summed E-state index contributed by atoms with van der Waals surface area (Å²) >= 11 is 0. The normalized spacial score (nSPS) is 11.0. The second-order valence-electron chi connectivity index (χ2n) is 5.34. The van der Waals surface area contributed by atoms with Crippen LogP contribution in [0.25, 0.3) is 22.3 Å². The summed E-state index contributed by atoms with van der Waals surface area (Å²) in [7, 11) is 1.95. The van der Waals surface area contributed by atoms with Crippen LogP contribution in [0.1, 0.15) is 5.69 Å². The van der Waals surface area contributed by atoms with Crippen molar-refractivity contribution in [3.05, 3.63) is 54.5 Å². The molecule has 0 spiro atoms. The summed E-state index contributed by atoms with van der Waals surface area (Å²) < 4.78 is 0. The van der Waals surface area contributed by atoms with Gasteiger partial charge in [0.15, 0.2) is 5.65 Å². The van der Waals surface area contributed by atoms with E-state index in [1.165, 1.54) is 0 Å². The molecule has 0 unspecified atom stereocenters. The highest BCUT2D eigenvalue weighted by Crippen LogP contribution is 2.18. The largest absolute Gasteiger partial charge is 0.338 e. The molecular weight excluding hydrogens is 290 g/mol. The summed E-state index contributed by atoms with van der Waals surface area (Å²) in [5.41, 5.74) is 3.75. The fraction of sp³-hybridized carbons (Fsp3) is 0.125. The second kappa shape index (κ2) is 5.53. The molecule has 0 atom stereocenters. The first-order valence-electron chi connectivity index (χ1n) is 7.26. The molecule has 2 N–H and O–H groups in total. The number of aromatic nitrogens is 6. The van der Waals surface area contributed by atoms with Crippen LogP contribution in [-0.4, -0.2) is 37.4 Å². The topological polar surface area (TPSA) is 86.4 Å². The number of H-pyrrole nitrogens is 2. The average molecular weight is 305 g/mol. The molecule has 0 radical (unpaired) electrons. The molecule has 0 aliphatic carbocycles. The maximum Gasteiger partial charge on any atom is 0.227 e. The lowest BCUT2D eigenvalue weighted by molar-refractivity contribution is 0.835. The van der Waals surface area contributed by atoms with E-state index < -0.39 is 0 Å². The first-order valence-corrected chi connectivity index (χ1v) is 7.26. The highest BCUT2D eigenvalue weighted by Gasteiger charge is 2.10. The molecule has 0 aliphatic heterocycles. The van der Waals surface area contributed by atoms with E-state index in [2.05, 4.69) is 30.4 Å². The van der Waals surface area contributed by atoms with Gasteiger partial charge in [0.1, 0.15) is 0 Å². The molecule has 7 heteroatoms. The number of nitrogens with zero attached hydrogens (tertiary/aromatic N) is 5. The van der Waals surface area contributed by atoms with Crippen molar-refractivity contribution in [1.82, 2.24) is 30.4 Å². The van der Waals surface area contributed by atoms with Crippen LogP contribution >= 0.6 is 0 Å². The fourth-order valence-corrected chi connectivity index (χ4v) is 2.44. The molecule has 0 amide bonds. The average Bonchev–Trinajstić information content (AvgIpc) is 3.24. The predicted molar refractivity (Wildman–Crippen MR) is 87.8 cm³/mol. The van der Waals surface area contributed by atoms with E-state index in [9.17, 15) is 0 Å². The summed E-state index contributed by atoms with van der Waals surface area (Å²) in [4.78, 5) is 10.8. The van der Waals surface area contributed by atoms with Gasteiger partial charge in [-0.15, -0.1) is 0 Å². The Morgan fingerprint density at radius 1 is 1.09 bits per heavy atom. The van der Waals surface area contributed by atoms with Crippen molar-refractivity contribution < 1.29 is 0 Å². The van der Waals surface area contributed by atoms with Crippen molar-refractivity contribution in [3.8, 4) is 11.3 Å². The van der Waals surface area contributed by atoms with E-state index in [0.29, 0.717) is 12.5 Å². The minimum Gasteiger partial charge on any atom is -0.338 e. The van der Waals surface area contributed by atoms with Gasteiger partial charge in [-0.2, -0.15) is 15.2 Å². The van der Waals surface area contributed by atoms with Crippen LogP contribution in [0.15, 0.2) is 48.8 Å². The molecule has 114 valence electrons. The van der Waals surface area contributed by atoms with E-state index in [1.807, 2.05) is 48.3 Å². The van der Waals surface area contributed by atoms with E-state index >= 15 is 0 Å². The minimum absolute atomic E-state index is 0.637. The third-order valence-electron chi connectivity index (χ3n) is 3.63. The van der Waals surface area contributed by atoms with Gasteiger partial charge < -0.3 is 4.90 Å². The van der Waals surface area contributed by atoms with Crippen molar-refractivity contribution in [3.63, 3.8) is 0 Å². The highest BCUT2D eigenvalue weighted by molar-refractivity contribution is 5.73. The van der Waals surface area contributed by atoms with Crippen molar-refractivity contribution in [2.24, 2.45) is 0 Å². The van der Waals surface area contributed by atoms with Crippen LogP contribution in [0.3, 0.4) is 0 Å². The zero-order valence-corrected chi connectivity index (χ0v) is 12.6. The Morgan fingerprint density at radius 2 is 1.96 bits per heavy atom. The Balaban J connectivity index is 1.54. The Bertz CT molecular complexity index is 926. The lowest BCUT2D eigenvalue weighted by Crippen LogP contribution is -2.19. The van der Waals surface area contributed by atoms with Crippen molar-refractivity contribution in [2.75, 3.05) is 11.9 Å². The molecule has 0 saturated heterocycles. The summed E-state index contributed by atoms with van der Waals surface area (Å²) in [5, 5.41) is 15.2. The number of anilines is 1. The summed E-state index contributed by atoms with van der Waals surface area (Å²) in [6.45, 7) is 0.638. The molecule has 0 aliphatic rings. The molecule has 7 nitrogen and oxygen atoms in total. The molecule has 23 heavy (non-hydrogen) atoms. The molecule has 0 fully saturated rings. The predicted octanol–water partition coefficient (Wildman–Crippen LogP) is 2.38. The van der Waals surface area contributed by atoms with Crippen LogP contribution < -0.4 is 4.90 Å². The van der Waals surface area contributed by atoms with Gasteiger partial charge in [0.25, 0.3) is 0 Å². The first-order chi connectivity index (χ1) is 11.3. The molecule has 1 aromatic carbocycles. The zero-order valence-electron chi connectivity index (χ0n) is 12.6. The summed E-state index contributed by atoms with van der Waals surface area (Å²) in [6.07, 6.45) is 3.47. The standard InChI is InChI=1S/C16H15N7/c1-23(16-17-8-12-9-18-22-15(12)19-16)10-13-7-14(21-20-13)11-5-3-2-4-6-11/h2-9H,10H2,1H3,(H,20,21)(H,17,18,19,22). The maximum absolute atomic E-state index is 4.46. The van der Waals surface area contributed by atoms with E-state index in [1.54, 1.807) is 12.4 Å². The van der Waals surface area contributed by atoms with Gasteiger partial charge in [0.05, 0.1) is 29.5 Å².